The maximum absolute atomic E-state index is 13.2. The molecule has 0 radical (unpaired) electrons. The van der Waals surface area contributed by atoms with Crippen LogP contribution < -0.4 is 4.74 Å². The van der Waals surface area contributed by atoms with Crippen LogP contribution in [-0.4, -0.2) is 7.11 Å². The van der Waals surface area contributed by atoms with E-state index >= 15 is 0 Å². The molecule has 17 heavy (non-hydrogen) atoms. The van der Waals surface area contributed by atoms with Crippen LogP contribution in [0.5, 0.6) is 5.75 Å². The first-order valence-corrected chi connectivity index (χ1v) is 5.58. The molecule has 1 atom stereocenters. The fourth-order valence-electron chi connectivity index (χ4n) is 1.73. The van der Waals surface area contributed by atoms with Gasteiger partial charge in [0.25, 0.3) is 0 Å². The number of benzene rings is 1. The maximum Gasteiger partial charge on any atom is 0.124 e. The van der Waals surface area contributed by atoms with Crippen LogP contribution in [0, 0.1) is 12.7 Å². The van der Waals surface area contributed by atoms with Gasteiger partial charge < -0.3 is 9.15 Å². The van der Waals surface area contributed by atoms with E-state index in [0.717, 1.165) is 11.3 Å². The molecule has 0 aliphatic carbocycles. The van der Waals surface area contributed by atoms with Crippen molar-refractivity contribution in [3.8, 4) is 5.75 Å². The quantitative estimate of drug-likeness (QED) is 0.771. The maximum atomic E-state index is 13.2. The third-order valence-electron chi connectivity index (χ3n) is 2.64. The van der Waals surface area contributed by atoms with E-state index in [1.54, 1.807) is 18.4 Å². The number of ether oxygens (including phenoxy) is 1. The smallest absolute Gasteiger partial charge is 0.124 e. The van der Waals surface area contributed by atoms with Crippen molar-refractivity contribution in [2.45, 2.75) is 12.3 Å². The molecule has 1 aromatic heterocycles. The molecule has 0 spiro atoms. The minimum absolute atomic E-state index is 0.340. The number of rotatable bonds is 3. The van der Waals surface area contributed by atoms with Crippen molar-refractivity contribution in [3.63, 3.8) is 0 Å². The Labute approximate surface area is 104 Å². The number of alkyl halides is 1. The normalized spacial score (nSPS) is 12.5. The highest BCUT2D eigenvalue weighted by Crippen LogP contribution is 2.37. The van der Waals surface area contributed by atoms with Crippen LogP contribution >= 0.6 is 11.6 Å². The Morgan fingerprint density at radius 1 is 1.29 bits per heavy atom. The van der Waals surface area contributed by atoms with E-state index < -0.39 is 5.38 Å². The molecular formula is C13H12ClFO2. The van der Waals surface area contributed by atoms with Crippen LogP contribution in [0.15, 0.2) is 34.9 Å². The van der Waals surface area contributed by atoms with Gasteiger partial charge in [-0.15, -0.1) is 11.6 Å². The fourth-order valence-corrected chi connectivity index (χ4v) is 2.13. The zero-order valence-corrected chi connectivity index (χ0v) is 10.3. The summed E-state index contributed by atoms with van der Waals surface area (Å²) in [5.41, 5.74) is 1.41. The fraction of sp³-hybridized carbons (Fsp3) is 0.231. The predicted octanol–water partition coefficient (Wildman–Crippen LogP) is 4.06. The van der Waals surface area contributed by atoms with Gasteiger partial charge >= 0.3 is 0 Å². The van der Waals surface area contributed by atoms with Crippen LogP contribution in [-0.2, 0) is 0 Å². The Morgan fingerprint density at radius 3 is 2.65 bits per heavy atom. The van der Waals surface area contributed by atoms with Crippen molar-refractivity contribution in [1.29, 1.82) is 0 Å². The number of hydrogen-bond donors (Lipinski definition) is 0. The van der Waals surface area contributed by atoms with Crippen LogP contribution in [0.2, 0.25) is 0 Å². The van der Waals surface area contributed by atoms with Gasteiger partial charge in [-0.05, 0) is 31.2 Å². The van der Waals surface area contributed by atoms with Crippen molar-refractivity contribution in [3.05, 3.63) is 53.2 Å². The number of methoxy groups -OCH3 is 1. The number of aryl methyl sites for hydroxylation is 1. The first kappa shape index (κ1) is 12.0. The Kier molecular flexibility index (Phi) is 3.38. The van der Waals surface area contributed by atoms with E-state index in [9.17, 15) is 4.39 Å². The van der Waals surface area contributed by atoms with Crippen LogP contribution in [0.4, 0.5) is 4.39 Å². The highest BCUT2D eigenvalue weighted by Gasteiger charge is 2.19. The Bertz CT molecular complexity index is 522. The van der Waals surface area contributed by atoms with E-state index in [4.69, 9.17) is 20.8 Å². The third kappa shape index (κ3) is 2.29. The lowest BCUT2D eigenvalue weighted by Crippen LogP contribution is -1.98. The third-order valence-corrected chi connectivity index (χ3v) is 3.11. The second-order valence-electron chi connectivity index (χ2n) is 3.68. The summed E-state index contributed by atoms with van der Waals surface area (Å²) in [6.45, 7) is 1.82. The molecule has 2 rings (SSSR count). The number of halogens is 2. The highest BCUT2D eigenvalue weighted by molar-refractivity contribution is 6.22. The standard InChI is InChI=1S/C13H12ClFO2/c1-8-10(5-6-17-8)13(14)11-7-9(15)3-4-12(11)16-2/h3-7,13H,1-2H3. The summed E-state index contributed by atoms with van der Waals surface area (Å²) in [6, 6.07) is 6.06. The van der Waals surface area contributed by atoms with E-state index in [2.05, 4.69) is 0 Å². The van der Waals surface area contributed by atoms with Gasteiger partial charge in [-0.2, -0.15) is 0 Å². The average molecular weight is 255 g/mol. The van der Waals surface area contributed by atoms with Crippen LogP contribution in [0.1, 0.15) is 22.3 Å². The zero-order chi connectivity index (χ0) is 12.4. The Morgan fingerprint density at radius 2 is 2.06 bits per heavy atom. The lowest BCUT2D eigenvalue weighted by atomic mass is 10.0. The molecule has 2 aromatic rings. The molecule has 1 heterocycles. The first-order chi connectivity index (χ1) is 8.13. The minimum atomic E-state index is -0.487. The monoisotopic (exact) mass is 254 g/mol. The van der Waals surface area contributed by atoms with Gasteiger partial charge in [-0.1, -0.05) is 0 Å². The molecule has 4 heteroatoms. The molecule has 0 bridgehead atoms. The first-order valence-electron chi connectivity index (χ1n) is 5.15. The summed E-state index contributed by atoms with van der Waals surface area (Å²) >= 11 is 6.33. The van der Waals surface area contributed by atoms with Gasteiger partial charge in [0.05, 0.1) is 18.8 Å². The van der Waals surface area contributed by atoms with Crippen molar-refractivity contribution in [1.82, 2.24) is 0 Å². The molecule has 0 amide bonds. The van der Waals surface area contributed by atoms with Crippen molar-refractivity contribution in [2.24, 2.45) is 0 Å². The van der Waals surface area contributed by atoms with E-state index in [1.807, 2.05) is 6.92 Å². The largest absolute Gasteiger partial charge is 0.496 e. The van der Waals surface area contributed by atoms with E-state index in [0.29, 0.717) is 11.3 Å². The van der Waals surface area contributed by atoms with Crippen LogP contribution in [0.25, 0.3) is 0 Å². The number of furan rings is 1. The SMILES string of the molecule is COc1ccc(F)cc1C(Cl)c1ccoc1C. The van der Waals surface area contributed by atoms with E-state index in [-0.39, 0.29) is 5.82 Å². The summed E-state index contributed by atoms with van der Waals surface area (Å²) in [5.74, 6) is 0.941. The van der Waals surface area contributed by atoms with Crippen molar-refractivity contribution in [2.75, 3.05) is 7.11 Å². The summed E-state index contributed by atoms with van der Waals surface area (Å²) in [6.07, 6.45) is 1.56. The molecule has 0 aliphatic heterocycles. The molecule has 0 N–H and O–H groups in total. The second-order valence-corrected chi connectivity index (χ2v) is 4.12. The summed E-state index contributed by atoms with van der Waals surface area (Å²) in [4.78, 5) is 0. The highest BCUT2D eigenvalue weighted by atomic mass is 35.5. The van der Waals surface area contributed by atoms with Gasteiger partial charge in [0, 0.05) is 11.1 Å². The molecule has 90 valence electrons. The molecule has 0 fully saturated rings. The Balaban J connectivity index is 2.46. The molecule has 1 unspecified atom stereocenters. The average Bonchev–Trinajstić information content (AvgIpc) is 2.74. The Hall–Kier alpha value is -1.48. The molecular weight excluding hydrogens is 243 g/mol. The van der Waals surface area contributed by atoms with Crippen LogP contribution in [0.3, 0.4) is 0 Å². The summed E-state index contributed by atoms with van der Waals surface area (Å²) < 4.78 is 23.6. The van der Waals surface area contributed by atoms with Gasteiger partial charge in [-0.3, -0.25) is 0 Å². The zero-order valence-electron chi connectivity index (χ0n) is 9.54. The van der Waals surface area contributed by atoms with Crippen molar-refractivity contribution >= 4 is 11.6 Å². The molecule has 0 aliphatic rings. The minimum Gasteiger partial charge on any atom is -0.496 e. The second kappa shape index (κ2) is 4.80. The van der Waals surface area contributed by atoms with Gasteiger partial charge in [0.15, 0.2) is 0 Å². The molecule has 0 saturated heterocycles. The van der Waals surface area contributed by atoms with E-state index in [1.165, 1.54) is 19.2 Å². The lowest BCUT2D eigenvalue weighted by Gasteiger charge is -2.13. The molecule has 1 aromatic carbocycles. The van der Waals surface area contributed by atoms with Gasteiger partial charge in [0.1, 0.15) is 17.3 Å². The van der Waals surface area contributed by atoms with Gasteiger partial charge in [-0.25, -0.2) is 4.39 Å². The summed E-state index contributed by atoms with van der Waals surface area (Å²) in [5, 5.41) is -0.487. The van der Waals surface area contributed by atoms with Gasteiger partial charge in [0.2, 0.25) is 0 Å². The number of hydrogen-bond acceptors (Lipinski definition) is 2. The summed E-state index contributed by atoms with van der Waals surface area (Å²) in [7, 11) is 1.53. The lowest BCUT2D eigenvalue weighted by molar-refractivity contribution is 0.408. The molecule has 2 nitrogen and oxygen atoms in total. The topological polar surface area (TPSA) is 22.4 Å². The predicted molar refractivity (Wildman–Crippen MR) is 64.1 cm³/mol. The molecule has 0 saturated carbocycles. The van der Waals surface area contributed by atoms with Crippen molar-refractivity contribution < 1.29 is 13.5 Å².